The normalized spacial score (nSPS) is 12.3. The molecule has 3 aromatic carbocycles. The van der Waals surface area contributed by atoms with E-state index in [1.54, 1.807) is 4.90 Å². The molecule has 0 aliphatic rings. The summed E-state index contributed by atoms with van der Waals surface area (Å²) >= 11 is 0. The van der Waals surface area contributed by atoms with Gasteiger partial charge in [-0.25, -0.2) is 0 Å². The minimum atomic E-state index is -0.548. The molecule has 1 N–H and O–H groups in total. The summed E-state index contributed by atoms with van der Waals surface area (Å²) in [6.07, 6.45) is 0.833. The second kappa shape index (κ2) is 11.8. The molecule has 0 bridgehead atoms. The fourth-order valence-electron chi connectivity index (χ4n) is 4.43. The number of benzene rings is 3. The van der Waals surface area contributed by atoms with E-state index in [-0.39, 0.29) is 23.3 Å². The largest absolute Gasteiger partial charge is 0.350 e. The second-order valence-electron chi connectivity index (χ2n) is 10.2. The lowest BCUT2D eigenvalue weighted by atomic mass is 9.88. The monoisotopic (exact) mass is 470 g/mol. The van der Waals surface area contributed by atoms with E-state index < -0.39 is 6.04 Å². The number of carbonyl (C=O) groups excluding carboxylic acids is 2. The molecule has 0 saturated carbocycles. The SMILES string of the molecule is CC[C@@H](C(=O)NC(C)(C)C)N(Cc1ccccc1C)C(=O)CC(c1ccccc1)c1ccccc1. The molecule has 0 heterocycles. The van der Waals surface area contributed by atoms with Crippen molar-refractivity contribution in [1.82, 2.24) is 10.2 Å². The van der Waals surface area contributed by atoms with Crippen LogP contribution in [0.2, 0.25) is 0 Å². The zero-order chi connectivity index (χ0) is 25.4. The van der Waals surface area contributed by atoms with Crippen LogP contribution in [-0.4, -0.2) is 28.3 Å². The average Bonchev–Trinajstić information content (AvgIpc) is 2.83. The van der Waals surface area contributed by atoms with Gasteiger partial charge in [-0.1, -0.05) is 91.9 Å². The summed E-state index contributed by atoms with van der Waals surface area (Å²) in [6.45, 7) is 10.3. The molecule has 4 heteroatoms. The number of hydrogen-bond acceptors (Lipinski definition) is 2. The van der Waals surface area contributed by atoms with Crippen molar-refractivity contribution in [1.29, 1.82) is 0 Å². The summed E-state index contributed by atoms with van der Waals surface area (Å²) in [7, 11) is 0. The first-order valence-electron chi connectivity index (χ1n) is 12.5. The highest BCUT2D eigenvalue weighted by molar-refractivity contribution is 5.88. The van der Waals surface area contributed by atoms with Crippen LogP contribution >= 0.6 is 0 Å². The number of aryl methyl sites for hydroxylation is 1. The molecule has 3 rings (SSSR count). The third kappa shape index (κ3) is 7.29. The van der Waals surface area contributed by atoms with E-state index in [1.165, 1.54) is 0 Å². The molecule has 0 aromatic heterocycles. The fourth-order valence-corrected chi connectivity index (χ4v) is 4.43. The maximum Gasteiger partial charge on any atom is 0.243 e. The van der Waals surface area contributed by atoms with Crippen LogP contribution in [0.1, 0.15) is 68.7 Å². The van der Waals surface area contributed by atoms with Crippen molar-refractivity contribution in [2.24, 2.45) is 0 Å². The molecule has 2 amide bonds. The molecular weight excluding hydrogens is 432 g/mol. The van der Waals surface area contributed by atoms with Crippen molar-refractivity contribution < 1.29 is 9.59 Å². The molecule has 184 valence electrons. The Morgan fingerprint density at radius 3 is 1.83 bits per heavy atom. The van der Waals surface area contributed by atoms with Gasteiger partial charge in [0, 0.05) is 24.4 Å². The van der Waals surface area contributed by atoms with E-state index in [4.69, 9.17) is 0 Å². The van der Waals surface area contributed by atoms with Crippen LogP contribution in [-0.2, 0) is 16.1 Å². The lowest BCUT2D eigenvalue weighted by Crippen LogP contribution is -2.53. The number of nitrogens with one attached hydrogen (secondary N) is 1. The maximum atomic E-state index is 14.0. The van der Waals surface area contributed by atoms with Crippen molar-refractivity contribution in [3.8, 4) is 0 Å². The molecule has 4 nitrogen and oxygen atoms in total. The third-order valence-corrected chi connectivity index (χ3v) is 6.27. The first-order valence-corrected chi connectivity index (χ1v) is 12.5. The quantitative estimate of drug-likeness (QED) is 0.402. The molecule has 0 radical (unpaired) electrons. The van der Waals surface area contributed by atoms with Gasteiger partial charge in [-0.15, -0.1) is 0 Å². The minimum absolute atomic E-state index is 0.0260. The summed E-state index contributed by atoms with van der Waals surface area (Å²) in [6, 6.07) is 27.8. The van der Waals surface area contributed by atoms with Crippen LogP contribution in [0.4, 0.5) is 0 Å². The highest BCUT2D eigenvalue weighted by atomic mass is 16.2. The predicted molar refractivity (Wildman–Crippen MR) is 143 cm³/mol. The number of carbonyl (C=O) groups is 2. The smallest absolute Gasteiger partial charge is 0.243 e. The Morgan fingerprint density at radius 1 is 0.829 bits per heavy atom. The van der Waals surface area contributed by atoms with Gasteiger partial charge in [-0.2, -0.15) is 0 Å². The maximum absolute atomic E-state index is 14.0. The minimum Gasteiger partial charge on any atom is -0.350 e. The highest BCUT2D eigenvalue weighted by Gasteiger charge is 2.32. The Bertz CT molecular complexity index is 1060. The van der Waals surface area contributed by atoms with Gasteiger partial charge < -0.3 is 10.2 Å². The first-order chi connectivity index (χ1) is 16.7. The molecule has 0 aliphatic carbocycles. The fraction of sp³-hybridized carbons (Fsp3) is 0.355. The number of hydrogen-bond donors (Lipinski definition) is 1. The highest BCUT2D eigenvalue weighted by Crippen LogP contribution is 2.30. The van der Waals surface area contributed by atoms with Crippen molar-refractivity contribution >= 4 is 11.8 Å². The van der Waals surface area contributed by atoms with Crippen LogP contribution in [0.15, 0.2) is 84.9 Å². The summed E-state index contributed by atoms with van der Waals surface area (Å²) in [5.74, 6) is -0.229. The molecule has 0 fully saturated rings. The van der Waals surface area contributed by atoms with E-state index in [0.717, 1.165) is 22.3 Å². The summed E-state index contributed by atoms with van der Waals surface area (Å²) in [5, 5.41) is 3.09. The van der Waals surface area contributed by atoms with Crippen molar-refractivity contribution in [2.75, 3.05) is 0 Å². The average molecular weight is 471 g/mol. The summed E-state index contributed by atoms with van der Waals surface area (Å²) in [5.41, 5.74) is 3.97. The Hall–Kier alpha value is -3.40. The van der Waals surface area contributed by atoms with Crippen molar-refractivity contribution in [3.05, 3.63) is 107 Å². The Labute approximate surface area is 210 Å². The third-order valence-electron chi connectivity index (χ3n) is 6.27. The van der Waals surface area contributed by atoms with E-state index in [9.17, 15) is 9.59 Å². The van der Waals surface area contributed by atoms with Crippen LogP contribution in [0.3, 0.4) is 0 Å². The van der Waals surface area contributed by atoms with Gasteiger partial charge in [0.25, 0.3) is 0 Å². The predicted octanol–water partition coefficient (Wildman–Crippen LogP) is 6.24. The van der Waals surface area contributed by atoms with E-state index in [1.807, 2.05) is 95.3 Å². The molecule has 0 saturated heterocycles. The Balaban J connectivity index is 1.98. The summed E-state index contributed by atoms with van der Waals surface area (Å²) < 4.78 is 0. The van der Waals surface area contributed by atoms with Gasteiger partial charge >= 0.3 is 0 Å². The van der Waals surface area contributed by atoms with Gasteiger partial charge in [0.2, 0.25) is 11.8 Å². The van der Waals surface area contributed by atoms with Crippen LogP contribution < -0.4 is 5.32 Å². The first kappa shape index (κ1) is 26.2. The number of nitrogens with zero attached hydrogens (tertiary/aromatic N) is 1. The van der Waals surface area contributed by atoms with Gasteiger partial charge in [0.1, 0.15) is 6.04 Å². The van der Waals surface area contributed by atoms with Crippen LogP contribution in [0.25, 0.3) is 0 Å². The van der Waals surface area contributed by atoms with Gasteiger partial charge in [-0.3, -0.25) is 9.59 Å². The second-order valence-corrected chi connectivity index (χ2v) is 10.2. The van der Waals surface area contributed by atoms with Crippen molar-refractivity contribution in [2.45, 2.75) is 71.5 Å². The van der Waals surface area contributed by atoms with E-state index in [2.05, 4.69) is 29.6 Å². The van der Waals surface area contributed by atoms with Gasteiger partial charge in [0.15, 0.2) is 0 Å². The summed E-state index contributed by atoms with van der Waals surface area (Å²) in [4.78, 5) is 29.1. The lowest BCUT2D eigenvalue weighted by Gasteiger charge is -2.34. The molecule has 0 unspecified atom stereocenters. The molecule has 35 heavy (non-hydrogen) atoms. The molecule has 3 aromatic rings. The van der Waals surface area contributed by atoms with Gasteiger partial charge in [-0.05, 0) is 56.4 Å². The molecule has 1 atom stereocenters. The molecule has 0 spiro atoms. The topological polar surface area (TPSA) is 49.4 Å². The molecular formula is C31H38N2O2. The van der Waals surface area contributed by atoms with Crippen molar-refractivity contribution in [3.63, 3.8) is 0 Å². The zero-order valence-electron chi connectivity index (χ0n) is 21.6. The molecule has 0 aliphatic heterocycles. The van der Waals surface area contributed by atoms with Crippen LogP contribution in [0, 0.1) is 6.92 Å². The van der Waals surface area contributed by atoms with Gasteiger partial charge in [0.05, 0.1) is 0 Å². The standard InChI is InChI=1S/C31H38N2O2/c1-6-28(30(35)32-31(3,4)5)33(22-26-20-14-13-15-23(26)2)29(34)21-27(24-16-9-7-10-17-24)25-18-11-8-12-19-25/h7-20,27-28H,6,21-22H2,1-5H3,(H,32,35)/t28-/m0/s1. The Morgan fingerprint density at radius 2 is 1.34 bits per heavy atom. The van der Waals surface area contributed by atoms with E-state index in [0.29, 0.717) is 19.4 Å². The number of rotatable bonds is 9. The Kier molecular flexibility index (Phi) is 8.86. The number of amides is 2. The zero-order valence-corrected chi connectivity index (χ0v) is 21.6. The van der Waals surface area contributed by atoms with Crippen LogP contribution in [0.5, 0.6) is 0 Å². The lowest BCUT2D eigenvalue weighted by molar-refractivity contribution is -0.142. The van der Waals surface area contributed by atoms with E-state index >= 15 is 0 Å².